The highest BCUT2D eigenvalue weighted by Crippen LogP contribution is 2.12. The highest BCUT2D eigenvalue weighted by molar-refractivity contribution is 5.76. The van der Waals surface area contributed by atoms with Gasteiger partial charge in [-0.2, -0.15) is 0 Å². The summed E-state index contributed by atoms with van der Waals surface area (Å²) in [6, 6.07) is 5.78. The third-order valence-corrected chi connectivity index (χ3v) is 4.02. The Bertz CT molecular complexity index is 392. The van der Waals surface area contributed by atoms with E-state index < -0.39 is 0 Å². The Morgan fingerprint density at radius 2 is 1.68 bits per heavy atom. The maximum atomic E-state index is 11.9. The Labute approximate surface area is 135 Å². The molecule has 0 radical (unpaired) electrons. The molecule has 0 aliphatic rings. The SMILES string of the molecule is CCCCCCCCCCCC(=O)NC(C)c1ccccn1. The summed E-state index contributed by atoms with van der Waals surface area (Å²) in [6.45, 7) is 4.23. The molecule has 1 atom stereocenters. The molecule has 22 heavy (non-hydrogen) atoms. The summed E-state index contributed by atoms with van der Waals surface area (Å²) in [5.41, 5.74) is 0.919. The van der Waals surface area contributed by atoms with E-state index in [1.165, 1.54) is 51.4 Å². The predicted octanol–water partition coefficient (Wildman–Crippen LogP) is 5.18. The Balaban J connectivity index is 2.00. The number of amides is 1. The molecule has 1 aromatic heterocycles. The van der Waals surface area contributed by atoms with Crippen LogP contribution >= 0.6 is 0 Å². The van der Waals surface area contributed by atoms with Gasteiger partial charge in [0, 0.05) is 12.6 Å². The van der Waals surface area contributed by atoms with Crippen molar-refractivity contribution in [2.24, 2.45) is 0 Å². The number of hydrogen-bond acceptors (Lipinski definition) is 2. The van der Waals surface area contributed by atoms with Gasteiger partial charge in [0.15, 0.2) is 0 Å². The average molecular weight is 304 g/mol. The largest absolute Gasteiger partial charge is 0.348 e. The van der Waals surface area contributed by atoms with E-state index in [0.717, 1.165) is 12.1 Å². The molecule has 3 heteroatoms. The smallest absolute Gasteiger partial charge is 0.220 e. The fourth-order valence-electron chi connectivity index (χ4n) is 2.62. The van der Waals surface area contributed by atoms with Crippen molar-refractivity contribution >= 4 is 5.91 Å². The molecular formula is C19H32N2O. The van der Waals surface area contributed by atoms with E-state index in [1.807, 2.05) is 25.1 Å². The van der Waals surface area contributed by atoms with Crippen molar-refractivity contribution in [3.05, 3.63) is 30.1 Å². The second-order valence-corrected chi connectivity index (χ2v) is 6.12. The van der Waals surface area contributed by atoms with Crippen LogP contribution in [0.25, 0.3) is 0 Å². The van der Waals surface area contributed by atoms with Crippen molar-refractivity contribution in [1.29, 1.82) is 0 Å². The van der Waals surface area contributed by atoms with Gasteiger partial charge in [-0.25, -0.2) is 0 Å². The Morgan fingerprint density at radius 1 is 1.05 bits per heavy atom. The van der Waals surface area contributed by atoms with Gasteiger partial charge in [-0.15, -0.1) is 0 Å². The van der Waals surface area contributed by atoms with Crippen LogP contribution in [0.3, 0.4) is 0 Å². The van der Waals surface area contributed by atoms with Crippen LogP contribution in [-0.4, -0.2) is 10.9 Å². The first kappa shape index (κ1) is 18.7. The molecule has 0 aliphatic heterocycles. The second-order valence-electron chi connectivity index (χ2n) is 6.12. The van der Waals surface area contributed by atoms with Crippen LogP contribution < -0.4 is 5.32 Å². The molecule has 0 saturated carbocycles. The number of nitrogens with zero attached hydrogens (tertiary/aromatic N) is 1. The van der Waals surface area contributed by atoms with Crippen LogP contribution in [0.4, 0.5) is 0 Å². The fraction of sp³-hybridized carbons (Fsp3) is 0.684. The summed E-state index contributed by atoms with van der Waals surface area (Å²) >= 11 is 0. The molecule has 1 aromatic rings. The van der Waals surface area contributed by atoms with Crippen molar-refractivity contribution in [1.82, 2.24) is 10.3 Å². The number of rotatable bonds is 12. The third-order valence-electron chi connectivity index (χ3n) is 4.02. The first-order valence-corrected chi connectivity index (χ1v) is 8.94. The molecule has 1 unspecified atom stereocenters. The lowest BCUT2D eigenvalue weighted by atomic mass is 10.1. The van der Waals surface area contributed by atoms with E-state index in [4.69, 9.17) is 0 Å². The van der Waals surface area contributed by atoms with Crippen molar-refractivity contribution in [2.45, 2.75) is 84.1 Å². The lowest BCUT2D eigenvalue weighted by molar-refractivity contribution is -0.121. The molecule has 124 valence electrons. The molecule has 1 rings (SSSR count). The van der Waals surface area contributed by atoms with Gasteiger partial charge < -0.3 is 5.32 Å². The molecule has 1 heterocycles. The minimum atomic E-state index is -0.00716. The van der Waals surface area contributed by atoms with Gasteiger partial charge in [0.2, 0.25) is 5.91 Å². The molecule has 0 bridgehead atoms. The second kappa shape index (κ2) is 12.2. The Kier molecular flexibility index (Phi) is 10.3. The lowest BCUT2D eigenvalue weighted by Gasteiger charge is -2.13. The molecular weight excluding hydrogens is 272 g/mol. The van der Waals surface area contributed by atoms with Crippen molar-refractivity contribution in [3.63, 3.8) is 0 Å². The summed E-state index contributed by atoms with van der Waals surface area (Å²) in [4.78, 5) is 16.2. The number of aromatic nitrogens is 1. The highest BCUT2D eigenvalue weighted by atomic mass is 16.1. The van der Waals surface area contributed by atoms with Crippen molar-refractivity contribution in [3.8, 4) is 0 Å². The van der Waals surface area contributed by atoms with Gasteiger partial charge in [-0.1, -0.05) is 64.4 Å². The van der Waals surface area contributed by atoms with Crippen LogP contribution in [0.5, 0.6) is 0 Å². The average Bonchev–Trinajstić information content (AvgIpc) is 2.54. The summed E-state index contributed by atoms with van der Waals surface area (Å²) in [6.07, 6.45) is 13.9. The minimum Gasteiger partial charge on any atom is -0.348 e. The Hall–Kier alpha value is -1.38. The van der Waals surface area contributed by atoms with Crippen molar-refractivity contribution < 1.29 is 4.79 Å². The molecule has 0 saturated heterocycles. The standard InChI is InChI=1S/C19H32N2O/c1-3-4-5-6-7-8-9-10-11-15-19(22)21-17(2)18-14-12-13-16-20-18/h12-14,16-17H,3-11,15H2,1-2H3,(H,21,22). The molecule has 3 nitrogen and oxygen atoms in total. The van der Waals surface area contributed by atoms with Crippen LogP contribution in [-0.2, 0) is 4.79 Å². The van der Waals surface area contributed by atoms with Gasteiger partial charge in [0.25, 0.3) is 0 Å². The third kappa shape index (κ3) is 8.81. The van der Waals surface area contributed by atoms with Crippen LogP contribution in [0.2, 0.25) is 0 Å². The zero-order valence-electron chi connectivity index (χ0n) is 14.3. The summed E-state index contributed by atoms with van der Waals surface area (Å²) < 4.78 is 0. The summed E-state index contributed by atoms with van der Waals surface area (Å²) in [5.74, 6) is 0.140. The highest BCUT2D eigenvalue weighted by Gasteiger charge is 2.09. The number of carbonyl (C=O) groups excluding carboxylic acids is 1. The molecule has 0 fully saturated rings. The zero-order valence-corrected chi connectivity index (χ0v) is 14.3. The van der Waals surface area contributed by atoms with Crippen LogP contribution in [0.15, 0.2) is 24.4 Å². The molecule has 1 N–H and O–H groups in total. The lowest BCUT2D eigenvalue weighted by Crippen LogP contribution is -2.26. The number of carbonyl (C=O) groups is 1. The monoisotopic (exact) mass is 304 g/mol. The number of hydrogen-bond donors (Lipinski definition) is 1. The molecule has 0 aromatic carbocycles. The normalized spacial score (nSPS) is 12.1. The van der Waals surface area contributed by atoms with Crippen molar-refractivity contribution in [2.75, 3.05) is 0 Å². The molecule has 0 spiro atoms. The van der Waals surface area contributed by atoms with Gasteiger partial charge in [0.05, 0.1) is 11.7 Å². The fourth-order valence-corrected chi connectivity index (χ4v) is 2.62. The summed E-state index contributed by atoms with van der Waals surface area (Å²) in [7, 11) is 0. The first-order chi connectivity index (χ1) is 10.7. The quantitative estimate of drug-likeness (QED) is 0.541. The maximum absolute atomic E-state index is 11.9. The van der Waals surface area contributed by atoms with Crippen LogP contribution in [0, 0.1) is 0 Å². The van der Waals surface area contributed by atoms with E-state index in [-0.39, 0.29) is 11.9 Å². The number of pyridine rings is 1. The van der Waals surface area contributed by atoms with Crippen LogP contribution in [0.1, 0.15) is 89.8 Å². The molecule has 1 amide bonds. The minimum absolute atomic E-state index is 0.00716. The summed E-state index contributed by atoms with van der Waals surface area (Å²) in [5, 5.41) is 3.02. The molecule has 0 aliphatic carbocycles. The van der Waals surface area contributed by atoms with Gasteiger partial charge >= 0.3 is 0 Å². The maximum Gasteiger partial charge on any atom is 0.220 e. The number of nitrogens with one attached hydrogen (secondary N) is 1. The van der Waals surface area contributed by atoms with Gasteiger partial charge in [-0.3, -0.25) is 9.78 Å². The van der Waals surface area contributed by atoms with E-state index >= 15 is 0 Å². The van der Waals surface area contributed by atoms with Gasteiger partial charge in [-0.05, 0) is 25.5 Å². The van der Waals surface area contributed by atoms with E-state index in [1.54, 1.807) is 6.20 Å². The van der Waals surface area contributed by atoms with E-state index in [0.29, 0.717) is 6.42 Å². The Morgan fingerprint density at radius 3 is 2.27 bits per heavy atom. The predicted molar refractivity (Wildman–Crippen MR) is 92.6 cm³/mol. The first-order valence-electron chi connectivity index (χ1n) is 8.94. The number of unbranched alkanes of at least 4 members (excludes halogenated alkanes) is 8. The zero-order chi connectivity index (χ0) is 16.0. The topological polar surface area (TPSA) is 42.0 Å². The van der Waals surface area contributed by atoms with E-state index in [2.05, 4.69) is 17.2 Å². The van der Waals surface area contributed by atoms with E-state index in [9.17, 15) is 4.79 Å². The van der Waals surface area contributed by atoms with Gasteiger partial charge in [0.1, 0.15) is 0 Å².